The number of fused-ring (bicyclic) bond motifs is 1. The first-order chi connectivity index (χ1) is 13.1. The van der Waals surface area contributed by atoms with Gasteiger partial charge in [0, 0.05) is 5.56 Å². The van der Waals surface area contributed by atoms with Crippen LogP contribution in [0.2, 0.25) is 0 Å². The maximum atomic E-state index is 13.2. The lowest BCUT2D eigenvalue weighted by molar-refractivity contribution is -0.118. The van der Waals surface area contributed by atoms with E-state index in [1.165, 1.54) is 24.3 Å². The fourth-order valence-electron chi connectivity index (χ4n) is 2.75. The number of nitrogens with zero attached hydrogens (tertiary/aromatic N) is 4. The van der Waals surface area contributed by atoms with Crippen molar-refractivity contribution in [3.63, 3.8) is 0 Å². The second-order valence-electron chi connectivity index (χ2n) is 5.91. The zero-order chi connectivity index (χ0) is 18.8. The number of aromatic nitrogens is 4. The Bertz CT molecular complexity index is 1090. The van der Waals surface area contributed by atoms with E-state index in [0.29, 0.717) is 22.9 Å². The topological polar surface area (TPSA) is 98.2 Å². The third-order valence-corrected chi connectivity index (χ3v) is 4.07. The third-order valence-electron chi connectivity index (χ3n) is 4.07. The number of hydrogen-bond acceptors (Lipinski definition) is 5. The van der Waals surface area contributed by atoms with E-state index in [4.69, 9.17) is 5.73 Å². The van der Waals surface area contributed by atoms with Crippen LogP contribution in [-0.2, 0) is 4.79 Å². The molecule has 2 aromatic heterocycles. The fourth-order valence-corrected chi connectivity index (χ4v) is 2.75. The number of amides is 1. The molecule has 0 spiro atoms. The van der Waals surface area contributed by atoms with Crippen molar-refractivity contribution in [3.05, 3.63) is 78.1 Å². The molecule has 0 saturated heterocycles. The molecule has 0 aliphatic heterocycles. The molecule has 1 amide bonds. The Labute approximate surface area is 153 Å². The average molecular weight is 362 g/mol. The predicted molar refractivity (Wildman–Crippen MR) is 98.2 cm³/mol. The van der Waals surface area contributed by atoms with Crippen molar-refractivity contribution < 1.29 is 9.18 Å². The van der Waals surface area contributed by atoms with Crippen molar-refractivity contribution in [2.75, 3.05) is 5.32 Å². The molecule has 0 aliphatic carbocycles. The third kappa shape index (κ3) is 3.32. The van der Waals surface area contributed by atoms with E-state index in [2.05, 4.69) is 20.6 Å². The van der Waals surface area contributed by atoms with E-state index in [1.54, 1.807) is 16.6 Å². The van der Waals surface area contributed by atoms with Gasteiger partial charge in [0.15, 0.2) is 11.5 Å². The first kappa shape index (κ1) is 16.6. The highest BCUT2D eigenvalue weighted by molar-refractivity contribution is 5.84. The summed E-state index contributed by atoms with van der Waals surface area (Å²) in [6.45, 7) is 0. The smallest absolute Gasteiger partial charge is 0.244 e. The molecule has 1 atom stereocenters. The summed E-state index contributed by atoms with van der Waals surface area (Å²) in [5.41, 5.74) is 7.48. The molecule has 0 bridgehead atoms. The van der Waals surface area contributed by atoms with Crippen LogP contribution in [0.4, 0.5) is 10.2 Å². The number of carbonyl (C=O) groups excluding carboxylic acids is 1. The number of anilines is 1. The van der Waals surface area contributed by atoms with Gasteiger partial charge in [0.05, 0.1) is 0 Å². The molecule has 4 aromatic rings. The first-order valence-electron chi connectivity index (χ1n) is 8.21. The van der Waals surface area contributed by atoms with Crippen LogP contribution in [0.5, 0.6) is 0 Å². The summed E-state index contributed by atoms with van der Waals surface area (Å²) < 4.78 is 14.7. The molecule has 8 heteroatoms. The molecule has 1 unspecified atom stereocenters. The van der Waals surface area contributed by atoms with Gasteiger partial charge in [-0.2, -0.15) is 4.52 Å². The molecular weight excluding hydrogens is 347 g/mol. The molecule has 3 N–H and O–H groups in total. The quantitative estimate of drug-likeness (QED) is 0.569. The molecule has 7 nitrogen and oxygen atoms in total. The van der Waals surface area contributed by atoms with Gasteiger partial charge in [0.2, 0.25) is 5.91 Å². The van der Waals surface area contributed by atoms with Gasteiger partial charge in [-0.1, -0.05) is 42.5 Å². The number of carbonyl (C=O) groups is 1. The summed E-state index contributed by atoms with van der Waals surface area (Å²) in [6.07, 6.45) is 0. The van der Waals surface area contributed by atoms with Gasteiger partial charge in [-0.3, -0.25) is 4.79 Å². The van der Waals surface area contributed by atoms with Crippen molar-refractivity contribution in [1.29, 1.82) is 0 Å². The molecule has 0 fully saturated rings. The minimum atomic E-state index is -0.854. The molecule has 0 radical (unpaired) electrons. The number of nitrogens with one attached hydrogen (secondary N) is 1. The van der Waals surface area contributed by atoms with Gasteiger partial charge < -0.3 is 11.1 Å². The van der Waals surface area contributed by atoms with Crippen LogP contribution in [0, 0.1) is 5.82 Å². The lowest BCUT2D eigenvalue weighted by atomic mass is 10.1. The largest absolute Gasteiger partial charge is 0.368 e. The lowest BCUT2D eigenvalue weighted by Gasteiger charge is -2.16. The number of rotatable bonds is 5. The van der Waals surface area contributed by atoms with Crippen LogP contribution >= 0.6 is 0 Å². The molecule has 134 valence electrons. The molecule has 0 aliphatic rings. The first-order valence-corrected chi connectivity index (χ1v) is 8.21. The summed E-state index contributed by atoms with van der Waals surface area (Å²) >= 11 is 0. The highest BCUT2D eigenvalue weighted by Gasteiger charge is 2.19. The van der Waals surface area contributed by atoms with Gasteiger partial charge >= 0.3 is 0 Å². The number of benzene rings is 2. The Hall–Kier alpha value is -3.81. The Morgan fingerprint density at radius 1 is 1.00 bits per heavy atom. The molecule has 27 heavy (non-hydrogen) atoms. The summed E-state index contributed by atoms with van der Waals surface area (Å²) in [5, 5.41) is 15.8. The summed E-state index contributed by atoms with van der Waals surface area (Å²) in [5.74, 6) is -0.00619. The minimum Gasteiger partial charge on any atom is -0.368 e. The number of primary amides is 1. The van der Waals surface area contributed by atoms with Gasteiger partial charge in [-0.05, 0) is 29.8 Å². The maximum Gasteiger partial charge on any atom is 0.244 e. The van der Waals surface area contributed by atoms with Crippen molar-refractivity contribution in [2.45, 2.75) is 6.04 Å². The Balaban J connectivity index is 1.70. The maximum absolute atomic E-state index is 13.2. The number of hydrogen-bond donors (Lipinski definition) is 2. The fraction of sp³-hybridized carbons (Fsp3) is 0.0526. The molecule has 0 saturated carbocycles. The van der Waals surface area contributed by atoms with Crippen LogP contribution < -0.4 is 11.1 Å². The van der Waals surface area contributed by atoms with Crippen LogP contribution in [0.15, 0.2) is 66.7 Å². The Morgan fingerprint density at radius 3 is 2.44 bits per heavy atom. The van der Waals surface area contributed by atoms with Crippen molar-refractivity contribution >= 4 is 17.4 Å². The summed E-state index contributed by atoms with van der Waals surface area (Å²) in [7, 11) is 0. The second kappa shape index (κ2) is 6.83. The van der Waals surface area contributed by atoms with Crippen molar-refractivity contribution in [3.8, 4) is 11.4 Å². The lowest BCUT2D eigenvalue weighted by Crippen LogP contribution is -2.28. The SMILES string of the molecule is NC(=O)C(Nc1ccc2nnc(-c3ccccc3)n2n1)c1ccc(F)cc1. The zero-order valence-electron chi connectivity index (χ0n) is 14.1. The van der Waals surface area contributed by atoms with Crippen LogP contribution in [0.25, 0.3) is 17.0 Å². The second-order valence-corrected chi connectivity index (χ2v) is 5.91. The van der Waals surface area contributed by atoms with E-state index in [0.717, 1.165) is 5.56 Å². The normalized spacial score (nSPS) is 12.0. The average Bonchev–Trinajstić information content (AvgIpc) is 3.11. The summed E-state index contributed by atoms with van der Waals surface area (Å²) in [4.78, 5) is 11.9. The standard InChI is InChI=1S/C19H15FN6O/c20-14-8-6-12(7-9-14)17(18(21)27)22-15-10-11-16-23-24-19(26(16)25-15)13-4-2-1-3-5-13/h1-11,17H,(H2,21,27)(H,22,25). The van der Waals surface area contributed by atoms with Crippen molar-refractivity contribution in [2.24, 2.45) is 5.73 Å². The van der Waals surface area contributed by atoms with E-state index in [-0.39, 0.29) is 0 Å². The van der Waals surface area contributed by atoms with Crippen LogP contribution in [0.3, 0.4) is 0 Å². The summed E-state index contributed by atoms with van der Waals surface area (Å²) in [6, 6.07) is 17.6. The van der Waals surface area contributed by atoms with E-state index >= 15 is 0 Å². The van der Waals surface area contributed by atoms with Crippen LogP contribution in [-0.4, -0.2) is 25.7 Å². The van der Waals surface area contributed by atoms with Gasteiger partial charge in [0.1, 0.15) is 17.7 Å². The Morgan fingerprint density at radius 2 is 1.74 bits per heavy atom. The predicted octanol–water partition coefficient (Wildman–Crippen LogP) is 2.57. The monoisotopic (exact) mass is 362 g/mol. The molecular formula is C19H15FN6O. The zero-order valence-corrected chi connectivity index (χ0v) is 14.1. The molecule has 4 rings (SSSR count). The van der Waals surface area contributed by atoms with Gasteiger partial charge in [-0.25, -0.2) is 4.39 Å². The van der Waals surface area contributed by atoms with Crippen LogP contribution in [0.1, 0.15) is 11.6 Å². The minimum absolute atomic E-state index is 0.390. The van der Waals surface area contributed by atoms with E-state index in [1.807, 2.05) is 30.3 Å². The molecule has 2 heterocycles. The Kier molecular flexibility index (Phi) is 4.21. The number of nitrogens with two attached hydrogens (primary N) is 1. The van der Waals surface area contributed by atoms with E-state index < -0.39 is 17.8 Å². The highest BCUT2D eigenvalue weighted by Crippen LogP contribution is 2.21. The van der Waals surface area contributed by atoms with E-state index in [9.17, 15) is 9.18 Å². The van der Waals surface area contributed by atoms with Gasteiger partial charge in [-0.15, -0.1) is 15.3 Å². The molecule has 2 aromatic carbocycles. The van der Waals surface area contributed by atoms with Gasteiger partial charge in [0.25, 0.3) is 0 Å². The number of halogens is 1. The van der Waals surface area contributed by atoms with Crippen molar-refractivity contribution in [1.82, 2.24) is 19.8 Å². The highest BCUT2D eigenvalue weighted by atomic mass is 19.1.